The Labute approximate surface area is 181 Å². The van der Waals surface area contributed by atoms with Crippen LogP contribution >= 0.6 is 11.8 Å². The second-order valence-electron chi connectivity index (χ2n) is 7.70. The zero-order valence-corrected chi connectivity index (χ0v) is 18.5. The van der Waals surface area contributed by atoms with Crippen LogP contribution in [-0.2, 0) is 6.54 Å². The lowest BCUT2D eigenvalue weighted by molar-refractivity contribution is 0.102. The lowest BCUT2D eigenvalue weighted by atomic mass is 10.1. The van der Waals surface area contributed by atoms with E-state index in [0.29, 0.717) is 5.69 Å². The van der Waals surface area contributed by atoms with Gasteiger partial charge >= 0.3 is 0 Å². The first kappa shape index (κ1) is 20.6. The highest BCUT2D eigenvalue weighted by Gasteiger charge is 2.19. The topological polar surface area (TPSA) is 63.1 Å². The van der Waals surface area contributed by atoms with E-state index in [0.717, 1.165) is 42.3 Å². The van der Waals surface area contributed by atoms with Gasteiger partial charge in [-0.1, -0.05) is 35.0 Å². The largest absolute Gasteiger partial charge is 0.320 e. The quantitative estimate of drug-likeness (QED) is 0.675. The van der Waals surface area contributed by atoms with E-state index in [9.17, 15) is 4.79 Å². The lowest BCUT2D eigenvalue weighted by Crippen LogP contribution is -2.32. The molecule has 2 aromatic carbocycles. The minimum Gasteiger partial charge on any atom is -0.320 e. The lowest BCUT2D eigenvalue weighted by Gasteiger charge is -2.27. The molecule has 156 valence electrons. The Morgan fingerprint density at radius 2 is 1.80 bits per heavy atom. The Morgan fingerprint density at radius 3 is 2.53 bits per heavy atom. The van der Waals surface area contributed by atoms with Gasteiger partial charge in [-0.05, 0) is 50.1 Å². The van der Waals surface area contributed by atoms with E-state index in [1.165, 1.54) is 22.6 Å². The van der Waals surface area contributed by atoms with Gasteiger partial charge in [0.05, 0.1) is 11.4 Å². The van der Waals surface area contributed by atoms with Gasteiger partial charge in [-0.3, -0.25) is 9.69 Å². The number of hydrogen-bond donors (Lipinski definition) is 1. The standard InChI is InChI=1S/C23H27N5OS/c1-16-7-9-20(10-8-16)28-18(3)22(25-26-28)23(29)24-21-6-4-5-19(17(21)2)15-27-11-13-30-14-12-27/h4-10H,11-15H2,1-3H3,(H,24,29). The highest BCUT2D eigenvalue weighted by atomic mass is 32.2. The second kappa shape index (κ2) is 9.02. The summed E-state index contributed by atoms with van der Waals surface area (Å²) in [4.78, 5) is 15.4. The number of rotatable bonds is 5. The molecule has 30 heavy (non-hydrogen) atoms. The normalized spacial score (nSPS) is 14.6. The Bertz CT molecular complexity index is 1040. The van der Waals surface area contributed by atoms with Crippen LogP contribution in [0.2, 0.25) is 0 Å². The molecule has 1 aromatic heterocycles. The number of hydrogen-bond acceptors (Lipinski definition) is 5. The summed E-state index contributed by atoms with van der Waals surface area (Å²) < 4.78 is 1.70. The first-order valence-electron chi connectivity index (χ1n) is 10.2. The molecule has 4 rings (SSSR count). The van der Waals surface area contributed by atoms with E-state index in [1.54, 1.807) is 4.68 Å². The van der Waals surface area contributed by atoms with Crippen molar-refractivity contribution in [3.63, 3.8) is 0 Å². The summed E-state index contributed by atoms with van der Waals surface area (Å²) in [5.74, 6) is 2.14. The first-order valence-corrected chi connectivity index (χ1v) is 11.4. The van der Waals surface area contributed by atoms with Gasteiger partial charge in [0.1, 0.15) is 0 Å². The summed E-state index contributed by atoms with van der Waals surface area (Å²) in [5.41, 5.74) is 6.31. The van der Waals surface area contributed by atoms with Crippen molar-refractivity contribution in [2.24, 2.45) is 0 Å². The smallest absolute Gasteiger partial charge is 0.278 e. The summed E-state index contributed by atoms with van der Waals surface area (Å²) in [7, 11) is 0. The number of carbonyl (C=O) groups excluding carboxylic acids is 1. The van der Waals surface area contributed by atoms with Gasteiger partial charge in [-0.25, -0.2) is 4.68 Å². The maximum atomic E-state index is 12.9. The number of amides is 1. The van der Waals surface area contributed by atoms with E-state index in [1.807, 2.05) is 62.0 Å². The highest BCUT2D eigenvalue weighted by molar-refractivity contribution is 7.99. The fourth-order valence-corrected chi connectivity index (χ4v) is 4.62. The molecule has 1 saturated heterocycles. The first-order chi connectivity index (χ1) is 14.5. The summed E-state index contributed by atoms with van der Waals surface area (Å²) in [6.45, 7) is 9.12. The van der Waals surface area contributed by atoms with E-state index >= 15 is 0 Å². The predicted molar refractivity (Wildman–Crippen MR) is 123 cm³/mol. The predicted octanol–water partition coefficient (Wildman–Crippen LogP) is 3.99. The minimum atomic E-state index is -0.236. The molecular formula is C23H27N5OS. The summed E-state index contributed by atoms with van der Waals surface area (Å²) in [6.07, 6.45) is 0. The molecule has 2 heterocycles. The molecular weight excluding hydrogens is 394 g/mol. The molecule has 0 bridgehead atoms. The van der Waals surface area contributed by atoms with Gasteiger partial charge in [0.25, 0.3) is 5.91 Å². The molecule has 1 aliphatic rings. The average molecular weight is 422 g/mol. The third kappa shape index (κ3) is 4.42. The van der Waals surface area contributed by atoms with Crippen molar-refractivity contribution in [3.8, 4) is 5.69 Å². The zero-order valence-electron chi connectivity index (χ0n) is 17.7. The van der Waals surface area contributed by atoms with Crippen LogP contribution in [0, 0.1) is 20.8 Å². The van der Waals surface area contributed by atoms with Crippen LogP contribution in [0.4, 0.5) is 5.69 Å². The number of aryl methyl sites for hydroxylation is 1. The molecule has 0 radical (unpaired) electrons. The molecule has 1 amide bonds. The van der Waals surface area contributed by atoms with E-state index in [-0.39, 0.29) is 5.91 Å². The van der Waals surface area contributed by atoms with Crippen molar-refractivity contribution in [2.45, 2.75) is 27.3 Å². The molecule has 1 fully saturated rings. The Hall–Kier alpha value is -2.64. The number of benzene rings is 2. The molecule has 0 aliphatic carbocycles. The molecule has 7 heteroatoms. The monoisotopic (exact) mass is 421 g/mol. The van der Waals surface area contributed by atoms with Crippen molar-refractivity contribution in [1.29, 1.82) is 0 Å². The van der Waals surface area contributed by atoms with Gasteiger partial charge in [0, 0.05) is 36.8 Å². The van der Waals surface area contributed by atoms with Crippen molar-refractivity contribution in [2.75, 3.05) is 29.9 Å². The van der Waals surface area contributed by atoms with E-state index in [4.69, 9.17) is 0 Å². The number of nitrogens with zero attached hydrogens (tertiary/aromatic N) is 4. The number of nitrogens with one attached hydrogen (secondary N) is 1. The van der Waals surface area contributed by atoms with Gasteiger partial charge < -0.3 is 5.32 Å². The fraction of sp³-hybridized carbons (Fsp3) is 0.348. The summed E-state index contributed by atoms with van der Waals surface area (Å²) in [6, 6.07) is 14.1. The van der Waals surface area contributed by atoms with Gasteiger partial charge in [0.2, 0.25) is 0 Å². The fourth-order valence-electron chi connectivity index (χ4n) is 3.64. The van der Waals surface area contributed by atoms with Crippen molar-refractivity contribution in [3.05, 3.63) is 70.5 Å². The molecule has 0 unspecified atom stereocenters. The number of thioether (sulfide) groups is 1. The number of aromatic nitrogens is 3. The molecule has 3 aromatic rings. The van der Waals surface area contributed by atoms with Crippen LogP contribution in [0.25, 0.3) is 5.69 Å². The molecule has 0 spiro atoms. The van der Waals surface area contributed by atoms with E-state index in [2.05, 4.69) is 33.5 Å². The Morgan fingerprint density at radius 1 is 1.07 bits per heavy atom. The zero-order chi connectivity index (χ0) is 21.1. The summed E-state index contributed by atoms with van der Waals surface area (Å²) >= 11 is 2.01. The van der Waals surface area contributed by atoms with Gasteiger partial charge in [-0.15, -0.1) is 5.10 Å². The van der Waals surface area contributed by atoms with E-state index < -0.39 is 0 Å². The number of carbonyl (C=O) groups is 1. The van der Waals surface area contributed by atoms with Crippen LogP contribution in [0.15, 0.2) is 42.5 Å². The summed E-state index contributed by atoms with van der Waals surface area (Å²) in [5, 5.41) is 11.4. The Balaban J connectivity index is 1.51. The van der Waals surface area contributed by atoms with Crippen molar-refractivity contribution >= 4 is 23.4 Å². The molecule has 0 atom stereocenters. The number of anilines is 1. The molecule has 1 N–H and O–H groups in total. The van der Waals surface area contributed by atoms with Crippen LogP contribution in [-0.4, -0.2) is 50.4 Å². The van der Waals surface area contributed by atoms with Crippen LogP contribution in [0.1, 0.15) is 32.9 Å². The van der Waals surface area contributed by atoms with Crippen molar-refractivity contribution in [1.82, 2.24) is 19.9 Å². The minimum absolute atomic E-state index is 0.236. The average Bonchev–Trinajstić information content (AvgIpc) is 3.14. The van der Waals surface area contributed by atoms with Crippen LogP contribution < -0.4 is 5.32 Å². The van der Waals surface area contributed by atoms with Gasteiger partial charge in [-0.2, -0.15) is 11.8 Å². The maximum absolute atomic E-state index is 12.9. The SMILES string of the molecule is Cc1ccc(-n2nnc(C(=O)Nc3cccc(CN4CCSCC4)c3C)c2C)cc1. The van der Waals surface area contributed by atoms with Crippen LogP contribution in [0.5, 0.6) is 0 Å². The molecule has 0 saturated carbocycles. The second-order valence-corrected chi connectivity index (χ2v) is 8.93. The third-order valence-electron chi connectivity index (χ3n) is 5.58. The van der Waals surface area contributed by atoms with Gasteiger partial charge in [0.15, 0.2) is 5.69 Å². The maximum Gasteiger partial charge on any atom is 0.278 e. The Kier molecular flexibility index (Phi) is 6.20. The third-order valence-corrected chi connectivity index (χ3v) is 6.52. The van der Waals surface area contributed by atoms with Crippen LogP contribution in [0.3, 0.4) is 0 Å². The molecule has 6 nitrogen and oxygen atoms in total. The molecule has 1 aliphatic heterocycles. The van der Waals surface area contributed by atoms with Crippen molar-refractivity contribution < 1.29 is 4.79 Å². The highest BCUT2D eigenvalue weighted by Crippen LogP contribution is 2.23.